The number of carbonyl (C=O) groups is 6. The van der Waals surface area contributed by atoms with Gasteiger partial charge in [0.15, 0.2) is 37.0 Å². The zero-order chi connectivity index (χ0) is 42.1. The number of amides is 1. The highest BCUT2D eigenvalue weighted by Crippen LogP contribution is 2.36. The van der Waals surface area contributed by atoms with E-state index in [4.69, 9.17) is 68.4 Å². The SMILES string of the molecule is COc1ccc(C(=O)OC[C@H]2O[C@@H](OCc3ccc(Cl)c(NC(C)=O)c3)[C@H](OC(C)=O)[C@@H](OC(C)=O)[C@@H]2O[C@H]2O[C@@H]3COCO[C@H]3[C@H](OC(C)=O)[C@H]2OC(C)=O)cc1. The third kappa shape index (κ3) is 11.6. The topological polar surface area (TPSA) is 225 Å². The van der Waals surface area contributed by atoms with E-state index in [0.29, 0.717) is 17.0 Å². The first-order valence-electron chi connectivity index (χ1n) is 18.0. The Bertz CT molecular complexity index is 1810. The van der Waals surface area contributed by atoms with E-state index in [-0.39, 0.29) is 36.5 Å². The number of carbonyl (C=O) groups excluding carboxylic acids is 6. The molecule has 10 atom stereocenters. The third-order valence-electron chi connectivity index (χ3n) is 8.77. The van der Waals surface area contributed by atoms with Gasteiger partial charge in [0, 0.05) is 34.6 Å². The highest BCUT2D eigenvalue weighted by atomic mass is 35.5. The predicted molar refractivity (Wildman–Crippen MR) is 194 cm³/mol. The molecular formula is C38H44ClNO18. The zero-order valence-corrected chi connectivity index (χ0v) is 33.1. The van der Waals surface area contributed by atoms with Crippen molar-refractivity contribution in [3.05, 3.63) is 58.6 Å². The van der Waals surface area contributed by atoms with Crippen LogP contribution in [0.4, 0.5) is 5.69 Å². The molecule has 0 radical (unpaired) electrons. The molecular weight excluding hydrogens is 794 g/mol. The van der Waals surface area contributed by atoms with E-state index in [9.17, 15) is 28.8 Å². The standard InChI is InChI=1S/C38H44ClNO18/c1-18(41)40-27-13-23(7-12-26(27)39)14-50-37-34(54-21(4)44)33(53-20(3)43)31(29(56-37)16-49-36(46)24-8-10-25(47-6)11-9-24)58-38-35(55-22(5)45)32(52-19(2)42)30-28(57-38)15-48-17-51-30/h7-13,28-35,37-38H,14-17H2,1-6H3,(H,40,41)/t28-,29-,30-,31-,32+,33+,34-,35-,37-,38-/m1/s1. The number of ether oxygens (including phenoxy) is 12. The molecule has 3 saturated heterocycles. The Kier molecular flexibility index (Phi) is 15.4. The summed E-state index contributed by atoms with van der Waals surface area (Å²) >= 11 is 6.26. The van der Waals surface area contributed by atoms with Gasteiger partial charge in [0.05, 0.1) is 36.6 Å². The maximum Gasteiger partial charge on any atom is 0.338 e. The van der Waals surface area contributed by atoms with Crippen molar-refractivity contribution in [1.82, 2.24) is 0 Å². The van der Waals surface area contributed by atoms with Crippen LogP contribution in [0.2, 0.25) is 5.02 Å². The molecule has 5 rings (SSSR count). The number of nitrogens with one attached hydrogen (secondary N) is 1. The Hall–Kier alpha value is -4.89. The number of anilines is 1. The number of methoxy groups -OCH3 is 1. The minimum atomic E-state index is -1.61. The zero-order valence-electron chi connectivity index (χ0n) is 32.4. The van der Waals surface area contributed by atoms with Crippen LogP contribution in [0.3, 0.4) is 0 Å². The molecule has 0 aliphatic carbocycles. The number of benzene rings is 2. The Morgan fingerprint density at radius 3 is 2.00 bits per heavy atom. The monoisotopic (exact) mass is 837 g/mol. The molecule has 316 valence electrons. The molecule has 0 spiro atoms. The molecule has 1 amide bonds. The van der Waals surface area contributed by atoms with Crippen LogP contribution >= 0.6 is 11.6 Å². The molecule has 3 aliphatic rings. The van der Waals surface area contributed by atoms with Gasteiger partial charge in [-0.05, 0) is 42.0 Å². The molecule has 2 aromatic carbocycles. The van der Waals surface area contributed by atoms with Crippen molar-refractivity contribution in [2.24, 2.45) is 0 Å². The van der Waals surface area contributed by atoms with Gasteiger partial charge < -0.3 is 62.2 Å². The summed E-state index contributed by atoms with van der Waals surface area (Å²) in [6.07, 6.45) is -13.8. The lowest BCUT2D eigenvalue weighted by molar-refractivity contribution is -0.375. The van der Waals surface area contributed by atoms with Crippen LogP contribution in [0, 0.1) is 0 Å². The molecule has 3 aliphatic heterocycles. The van der Waals surface area contributed by atoms with Gasteiger partial charge >= 0.3 is 29.8 Å². The summed E-state index contributed by atoms with van der Waals surface area (Å²) in [7, 11) is 1.47. The van der Waals surface area contributed by atoms with Crippen molar-refractivity contribution in [3.63, 3.8) is 0 Å². The molecule has 0 unspecified atom stereocenters. The summed E-state index contributed by atoms with van der Waals surface area (Å²) in [5, 5.41) is 2.87. The smallest absolute Gasteiger partial charge is 0.338 e. The third-order valence-corrected chi connectivity index (χ3v) is 9.10. The van der Waals surface area contributed by atoms with Crippen LogP contribution in [0.25, 0.3) is 0 Å². The molecule has 0 aromatic heterocycles. The van der Waals surface area contributed by atoms with Gasteiger partial charge in [0.2, 0.25) is 5.91 Å². The minimum Gasteiger partial charge on any atom is -0.497 e. The number of rotatable bonds is 14. The fourth-order valence-corrected chi connectivity index (χ4v) is 6.63. The highest BCUT2D eigenvalue weighted by Gasteiger charge is 2.57. The molecule has 2 aromatic rings. The van der Waals surface area contributed by atoms with E-state index in [0.717, 1.165) is 27.7 Å². The average Bonchev–Trinajstić information content (AvgIpc) is 3.16. The van der Waals surface area contributed by atoms with E-state index in [1.165, 1.54) is 32.2 Å². The Morgan fingerprint density at radius 2 is 1.38 bits per heavy atom. The van der Waals surface area contributed by atoms with Crippen LogP contribution < -0.4 is 10.1 Å². The first-order valence-corrected chi connectivity index (χ1v) is 18.3. The fraction of sp³-hybridized carbons (Fsp3) is 0.526. The fourth-order valence-electron chi connectivity index (χ4n) is 6.46. The van der Waals surface area contributed by atoms with Crippen molar-refractivity contribution in [1.29, 1.82) is 0 Å². The summed E-state index contributed by atoms with van der Waals surface area (Å²) in [4.78, 5) is 75.2. The van der Waals surface area contributed by atoms with Crippen molar-refractivity contribution < 1.29 is 85.6 Å². The largest absolute Gasteiger partial charge is 0.497 e. The van der Waals surface area contributed by atoms with Crippen LogP contribution in [-0.2, 0) is 82.7 Å². The molecule has 3 heterocycles. The van der Waals surface area contributed by atoms with Crippen molar-refractivity contribution in [2.75, 3.05) is 32.4 Å². The van der Waals surface area contributed by atoms with Gasteiger partial charge in [-0.25, -0.2) is 4.79 Å². The lowest BCUT2D eigenvalue weighted by Gasteiger charge is -2.49. The number of hydrogen-bond acceptors (Lipinski definition) is 18. The first kappa shape index (κ1) is 44.2. The quantitative estimate of drug-likeness (QED) is 0.213. The molecule has 20 heteroatoms. The van der Waals surface area contributed by atoms with E-state index in [1.54, 1.807) is 24.3 Å². The number of fused-ring (bicyclic) bond motifs is 1. The van der Waals surface area contributed by atoms with E-state index in [1.807, 2.05) is 0 Å². The van der Waals surface area contributed by atoms with Gasteiger partial charge in [-0.3, -0.25) is 24.0 Å². The Morgan fingerprint density at radius 1 is 0.759 bits per heavy atom. The minimum absolute atomic E-state index is 0.0487. The van der Waals surface area contributed by atoms with E-state index >= 15 is 0 Å². The van der Waals surface area contributed by atoms with Crippen LogP contribution in [0.1, 0.15) is 50.5 Å². The number of halogens is 1. The summed E-state index contributed by atoms with van der Waals surface area (Å²) < 4.78 is 69.7. The predicted octanol–water partition coefficient (Wildman–Crippen LogP) is 2.62. The Labute approximate surface area is 337 Å². The van der Waals surface area contributed by atoms with Gasteiger partial charge in [0.1, 0.15) is 43.6 Å². The molecule has 19 nitrogen and oxygen atoms in total. The summed E-state index contributed by atoms with van der Waals surface area (Å²) in [6.45, 7) is 4.75. The lowest BCUT2D eigenvalue weighted by atomic mass is 9.95. The molecule has 0 saturated carbocycles. The highest BCUT2D eigenvalue weighted by molar-refractivity contribution is 6.33. The maximum absolute atomic E-state index is 13.3. The second kappa shape index (κ2) is 20.2. The molecule has 58 heavy (non-hydrogen) atoms. The van der Waals surface area contributed by atoms with Crippen LogP contribution in [0.15, 0.2) is 42.5 Å². The Balaban J connectivity index is 1.53. The second-order valence-corrected chi connectivity index (χ2v) is 13.6. The molecule has 0 bridgehead atoms. The molecule has 3 fully saturated rings. The summed E-state index contributed by atoms with van der Waals surface area (Å²) in [6, 6.07) is 10.8. The van der Waals surface area contributed by atoms with E-state index < -0.39 is 97.9 Å². The van der Waals surface area contributed by atoms with Gasteiger partial charge in [-0.2, -0.15) is 0 Å². The van der Waals surface area contributed by atoms with E-state index in [2.05, 4.69) is 5.32 Å². The maximum atomic E-state index is 13.3. The normalized spacial score (nSPS) is 27.8. The van der Waals surface area contributed by atoms with Crippen molar-refractivity contribution in [2.45, 2.75) is 103 Å². The average molecular weight is 838 g/mol. The second-order valence-electron chi connectivity index (χ2n) is 13.2. The van der Waals surface area contributed by atoms with Crippen molar-refractivity contribution >= 4 is 53.0 Å². The van der Waals surface area contributed by atoms with Crippen molar-refractivity contribution in [3.8, 4) is 5.75 Å². The van der Waals surface area contributed by atoms with Gasteiger partial charge in [-0.1, -0.05) is 17.7 Å². The van der Waals surface area contributed by atoms with Crippen LogP contribution in [0.5, 0.6) is 5.75 Å². The molecule has 1 N–H and O–H groups in total. The van der Waals surface area contributed by atoms with Gasteiger partial charge in [0.25, 0.3) is 0 Å². The lowest BCUT2D eigenvalue weighted by Crippen LogP contribution is -2.67. The summed E-state index contributed by atoms with van der Waals surface area (Å²) in [5.41, 5.74) is 0.932. The summed E-state index contributed by atoms with van der Waals surface area (Å²) in [5.74, 6) is -3.90. The first-order chi connectivity index (χ1) is 27.6. The van der Waals surface area contributed by atoms with Crippen LogP contribution in [-0.4, -0.2) is 124 Å². The van der Waals surface area contributed by atoms with Gasteiger partial charge in [-0.15, -0.1) is 0 Å². The number of esters is 5. The number of hydrogen-bond donors (Lipinski definition) is 1.